The molecule has 0 aliphatic heterocycles. The Morgan fingerprint density at radius 3 is 2.44 bits per heavy atom. The van der Waals surface area contributed by atoms with Crippen molar-refractivity contribution in [2.75, 3.05) is 7.05 Å². The van der Waals surface area contributed by atoms with Crippen molar-refractivity contribution in [3.63, 3.8) is 0 Å². The third-order valence-electron chi connectivity index (χ3n) is 4.03. The van der Waals surface area contributed by atoms with Gasteiger partial charge in [0.25, 0.3) is 0 Å². The molecule has 90 valence electrons. The fourth-order valence-corrected chi connectivity index (χ4v) is 4.26. The van der Waals surface area contributed by atoms with Gasteiger partial charge in [0.1, 0.15) is 0 Å². The highest BCUT2D eigenvalue weighted by Gasteiger charge is 2.36. The summed E-state index contributed by atoms with van der Waals surface area (Å²) < 4.78 is 0. The van der Waals surface area contributed by atoms with Gasteiger partial charge in [-0.3, -0.25) is 0 Å². The first-order chi connectivity index (χ1) is 7.65. The van der Waals surface area contributed by atoms with E-state index in [1.165, 1.54) is 41.9 Å². The Balaban J connectivity index is 2.20. The highest BCUT2D eigenvalue weighted by atomic mass is 32.1. The van der Waals surface area contributed by atoms with Gasteiger partial charge in [0, 0.05) is 15.8 Å². The van der Waals surface area contributed by atoms with Crippen molar-refractivity contribution >= 4 is 11.3 Å². The molecule has 1 aromatic heterocycles. The molecule has 0 spiro atoms. The Labute approximate surface area is 103 Å². The summed E-state index contributed by atoms with van der Waals surface area (Å²) in [7, 11) is 2.11. The van der Waals surface area contributed by atoms with Crippen molar-refractivity contribution in [1.29, 1.82) is 0 Å². The lowest BCUT2D eigenvalue weighted by molar-refractivity contribution is 0.152. The molecule has 0 amide bonds. The van der Waals surface area contributed by atoms with Crippen LogP contribution in [0.15, 0.2) is 12.1 Å². The summed E-state index contributed by atoms with van der Waals surface area (Å²) in [5.74, 6) is 0. The van der Waals surface area contributed by atoms with Crippen LogP contribution in [0.1, 0.15) is 54.8 Å². The van der Waals surface area contributed by atoms with Gasteiger partial charge in [0.15, 0.2) is 0 Å². The summed E-state index contributed by atoms with van der Waals surface area (Å²) in [4.78, 5) is 2.94. The fraction of sp³-hybridized carbons (Fsp3) is 0.714. The highest BCUT2D eigenvalue weighted by Crippen LogP contribution is 2.46. The third kappa shape index (κ3) is 2.33. The van der Waals surface area contributed by atoms with E-state index in [2.05, 4.69) is 38.3 Å². The number of thiophene rings is 1. The average Bonchev–Trinajstić information content (AvgIpc) is 2.66. The number of nitrogens with one attached hydrogen (secondary N) is 1. The minimum atomic E-state index is 0.463. The molecule has 1 unspecified atom stereocenters. The van der Waals surface area contributed by atoms with Crippen LogP contribution in [0.4, 0.5) is 0 Å². The molecule has 1 N–H and O–H groups in total. The minimum absolute atomic E-state index is 0.463. The van der Waals surface area contributed by atoms with E-state index in [9.17, 15) is 0 Å². The molecule has 2 rings (SSSR count). The van der Waals surface area contributed by atoms with E-state index < -0.39 is 0 Å². The average molecular weight is 237 g/mol. The van der Waals surface area contributed by atoms with E-state index in [1.807, 2.05) is 11.3 Å². The smallest absolute Gasteiger partial charge is 0.0466 e. The number of rotatable bonds is 3. The van der Waals surface area contributed by atoms with Crippen molar-refractivity contribution < 1.29 is 0 Å². The molecule has 0 saturated heterocycles. The molecule has 1 saturated carbocycles. The zero-order valence-electron chi connectivity index (χ0n) is 10.7. The molecule has 0 aromatic carbocycles. The van der Waals surface area contributed by atoms with Crippen molar-refractivity contribution in [2.45, 2.75) is 52.0 Å². The van der Waals surface area contributed by atoms with Gasteiger partial charge in [-0.15, -0.1) is 11.3 Å². The molecule has 2 heteroatoms. The van der Waals surface area contributed by atoms with Crippen LogP contribution in [0.3, 0.4) is 0 Å². The number of hydrogen-bond donors (Lipinski definition) is 1. The van der Waals surface area contributed by atoms with Crippen LogP contribution in [0.25, 0.3) is 0 Å². The van der Waals surface area contributed by atoms with Gasteiger partial charge >= 0.3 is 0 Å². The van der Waals surface area contributed by atoms with Crippen molar-refractivity contribution in [3.8, 4) is 0 Å². The molecule has 0 radical (unpaired) electrons. The van der Waals surface area contributed by atoms with Crippen LogP contribution in [0.5, 0.6) is 0 Å². The largest absolute Gasteiger partial charge is 0.312 e. The lowest BCUT2D eigenvalue weighted by Gasteiger charge is -2.40. The summed E-state index contributed by atoms with van der Waals surface area (Å²) in [6.07, 6.45) is 6.97. The maximum absolute atomic E-state index is 3.55. The summed E-state index contributed by atoms with van der Waals surface area (Å²) >= 11 is 1.95. The highest BCUT2D eigenvalue weighted by molar-refractivity contribution is 7.12. The zero-order valence-corrected chi connectivity index (χ0v) is 11.5. The predicted molar refractivity (Wildman–Crippen MR) is 72.0 cm³/mol. The molecular formula is C14H23NS. The van der Waals surface area contributed by atoms with E-state index in [1.54, 1.807) is 0 Å². The maximum atomic E-state index is 3.55. The summed E-state index contributed by atoms with van der Waals surface area (Å²) in [6.45, 7) is 4.66. The van der Waals surface area contributed by atoms with Crippen molar-refractivity contribution in [1.82, 2.24) is 5.32 Å². The topological polar surface area (TPSA) is 12.0 Å². The molecule has 1 aliphatic carbocycles. The standard InChI is InChI=1S/C14H23NS/c1-11-7-8-12(16-11)13(15-3)14(2)9-5-4-6-10-14/h7-8,13,15H,4-6,9-10H2,1-3H3. The van der Waals surface area contributed by atoms with E-state index in [4.69, 9.17) is 0 Å². The van der Waals surface area contributed by atoms with Crippen LogP contribution < -0.4 is 5.32 Å². The van der Waals surface area contributed by atoms with Gasteiger partial charge in [-0.05, 0) is 44.4 Å². The molecule has 1 aromatic rings. The predicted octanol–water partition coefficient (Wildman–Crippen LogP) is 4.29. The van der Waals surface area contributed by atoms with Crippen LogP contribution >= 0.6 is 11.3 Å². The quantitative estimate of drug-likeness (QED) is 0.827. The Morgan fingerprint density at radius 2 is 1.94 bits per heavy atom. The lowest BCUT2D eigenvalue weighted by Crippen LogP contribution is -2.35. The Hall–Kier alpha value is -0.340. The van der Waals surface area contributed by atoms with E-state index >= 15 is 0 Å². The summed E-state index contributed by atoms with van der Waals surface area (Å²) in [6, 6.07) is 5.10. The first-order valence-corrected chi connectivity index (χ1v) is 7.21. The Morgan fingerprint density at radius 1 is 1.25 bits per heavy atom. The van der Waals surface area contributed by atoms with Gasteiger partial charge in [-0.1, -0.05) is 26.2 Å². The molecule has 1 atom stereocenters. The second-order valence-electron chi connectivity index (χ2n) is 5.38. The summed E-state index contributed by atoms with van der Waals surface area (Å²) in [5.41, 5.74) is 0.463. The molecular weight excluding hydrogens is 214 g/mol. The number of aryl methyl sites for hydroxylation is 1. The molecule has 1 heterocycles. The second-order valence-corrected chi connectivity index (χ2v) is 6.70. The fourth-order valence-electron chi connectivity index (χ4n) is 3.09. The lowest BCUT2D eigenvalue weighted by atomic mass is 9.70. The molecule has 1 fully saturated rings. The second kappa shape index (κ2) is 4.89. The zero-order chi connectivity index (χ0) is 11.6. The number of hydrogen-bond acceptors (Lipinski definition) is 2. The van der Waals surface area contributed by atoms with E-state index in [0.29, 0.717) is 11.5 Å². The summed E-state index contributed by atoms with van der Waals surface area (Å²) in [5, 5.41) is 3.55. The van der Waals surface area contributed by atoms with Gasteiger partial charge in [-0.25, -0.2) is 0 Å². The minimum Gasteiger partial charge on any atom is -0.312 e. The Kier molecular flexibility index (Phi) is 3.70. The van der Waals surface area contributed by atoms with Gasteiger partial charge in [0.2, 0.25) is 0 Å². The van der Waals surface area contributed by atoms with Gasteiger partial charge < -0.3 is 5.32 Å². The normalized spacial score (nSPS) is 21.9. The van der Waals surface area contributed by atoms with Gasteiger partial charge in [0.05, 0.1) is 0 Å². The van der Waals surface area contributed by atoms with E-state index in [0.717, 1.165) is 0 Å². The van der Waals surface area contributed by atoms with Crippen LogP contribution in [-0.4, -0.2) is 7.05 Å². The van der Waals surface area contributed by atoms with Crippen LogP contribution in [0, 0.1) is 12.3 Å². The van der Waals surface area contributed by atoms with Crippen molar-refractivity contribution in [3.05, 3.63) is 21.9 Å². The monoisotopic (exact) mass is 237 g/mol. The van der Waals surface area contributed by atoms with Crippen molar-refractivity contribution in [2.24, 2.45) is 5.41 Å². The molecule has 1 nitrogen and oxygen atoms in total. The van der Waals surface area contributed by atoms with Crippen LogP contribution in [-0.2, 0) is 0 Å². The SMILES string of the molecule is CNC(c1ccc(C)s1)C1(C)CCCCC1. The van der Waals surface area contributed by atoms with E-state index in [-0.39, 0.29) is 0 Å². The maximum Gasteiger partial charge on any atom is 0.0466 e. The molecule has 1 aliphatic rings. The Bertz CT molecular complexity index is 336. The third-order valence-corrected chi connectivity index (χ3v) is 5.09. The van der Waals surface area contributed by atoms with Crippen LogP contribution in [0.2, 0.25) is 0 Å². The molecule has 0 bridgehead atoms. The first kappa shape index (κ1) is 12.1. The molecule has 16 heavy (non-hydrogen) atoms. The first-order valence-electron chi connectivity index (χ1n) is 6.39. The van der Waals surface area contributed by atoms with Gasteiger partial charge in [-0.2, -0.15) is 0 Å².